The first-order valence-electron chi connectivity index (χ1n) is 8.71. The number of carbonyl (C=O) groups excluding carboxylic acids is 1. The molecule has 5 rings (SSSR count). The third-order valence-corrected chi connectivity index (χ3v) is 6.22. The topological polar surface area (TPSA) is 49.3 Å². The fourth-order valence-corrected chi connectivity index (χ4v) is 4.72. The van der Waals surface area contributed by atoms with Crippen molar-refractivity contribution in [2.45, 2.75) is 12.3 Å². The van der Waals surface area contributed by atoms with E-state index in [2.05, 4.69) is 14.9 Å². The molecular weight excluding hydrogens is 351 g/mol. The van der Waals surface area contributed by atoms with Crippen LogP contribution in [0, 0.1) is 5.82 Å². The minimum atomic E-state index is -0.269. The number of halogens is 1. The van der Waals surface area contributed by atoms with Crippen molar-refractivity contribution in [3.63, 3.8) is 0 Å². The molecule has 1 fully saturated rings. The average Bonchev–Trinajstić information content (AvgIpc) is 3.13. The molecule has 7 heteroatoms. The Balaban J connectivity index is 1.29. The third-order valence-electron chi connectivity index (χ3n) is 5.32. The van der Waals surface area contributed by atoms with E-state index in [0.717, 1.165) is 46.7 Å². The third kappa shape index (κ3) is 2.46. The van der Waals surface area contributed by atoms with Gasteiger partial charge in [0.15, 0.2) is 0 Å². The molecule has 0 saturated carbocycles. The van der Waals surface area contributed by atoms with Crippen LogP contribution in [0.2, 0.25) is 0 Å². The van der Waals surface area contributed by atoms with Gasteiger partial charge in [-0.3, -0.25) is 4.79 Å². The van der Waals surface area contributed by atoms with Gasteiger partial charge >= 0.3 is 0 Å². The highest BCUT2D eigenvalue weighted by Crippen LogP contribution is 2.37. The standard InChI is InChI=1S/C19H17FN4OS/c20-13-2-1-12-9-15(14(12)10-13)19(25)24-6-4-23(5-7-24)18-17-16(3-8-26-17)21-11-22-18/h1-3,8,10-11,15H,4-7,9H2. The Morgan fingerprint density at radius 3 is 2.85 bits per heavy atom. The minimum absolute atomic E-state index is 0.117. The summed E-state index contributed by atoms with van der Waals surface area (Å²) in [6.07, 6.45) is 2.32. The normalized spacial score (nSPS) is 19.3. The maximum absolute atomic E-state index is 13.5. The first kappa shape index (κ1) is 15.7. The largest absolute Gasteiger partial charge is 0.352 e. The summed E-state index contributed by atoms with van der Waals surface area (Å²) in [6.45, 7) is 2.82. The van der Waals surface area contributed by atoms with E-state index < -0.39 is 0 Å². The van der Waals surface area contributed by atoms with E-state index in [4.69, 9.17) is 0 Å². The molecule has 0 N–H and O–H groups in total. The lowest BCUT2D eigenvalue weighted by atomic mass is 9.76. The van der Waals surface area contributed by atoms with Crippen LogP contribution in [0.25, 0.3) is 10.2 Å². The molecule has 3 aromatic rings. The second kappa shape index (κ2) is 6.02. The molecule has 1 aromatic carbocycles. The number of rotatable bonds is 2. The SMILES string of the molecule is O=C(C1Cc2ccc(F)cc21)N1CCN(c2ncnc3ccsc23)CC1. The summed E-state index contributed by atoms with van der Waals surface area (Å²) in [4.78, 5) is 25.7. The average molecular weight is 368 g/mol. The molecule has 3 heterocycles. The fourth-order valence-electron chi connectivity index (χ4n) is 3.86. The molecule has 5 nitrogen and oxygen atoms in total. The van der Waals surface area contributed by atoms with Crippen molar-refractivity contribution in [2.75, 3.05) is 31.1 Å². The smallest absolute Gasteiger partial charge is 0.230 e. The molecule has 2 aromatic heterocycles. The quantitative estimate of drug-likeness (QED) is 0.698. The molecular formula is C19H17FN4OS. The van der Waals surface area contributed by atoms with E-state index in [1.54, 1.807) is 23.7 Å². The van der Waals surface area contributed by atoms with Crippen LogP contribution in [0.4, 0.5) is 10.2 Å². The second-order valence-electron chi connectivity index (χ2n) is 6.74. The lowest BCUT2D eigenvalue weighted by Gasteiger charge is -2.39. The van der Waals surface area contributed by atoms with Crippen LogP contribution >= 0.6 is 11.3 Å². The van der Waals surface area contributed by atoms with Crippen molar-refractivity contribution in [3.05, 3.63) is 52.9 Å². The number of piperazine rings is 1. The molecule has 1 aliphatic carbocycles. The van der Waals surface area contributed by atoms with E-state index >= 15 is 0 Å². The highest BCUT2D eigenvalue weighted by molar-refractivity contribution is 7.17. The van der Waals surface area contributed by atoms with Gasteiger partial charge < -0.3 is 9.80 Å². The number of benzene rings is 1. The van der Waals surface area contributed by atoms with Crippen molar-refractivity contribution in [2.24, 2.45) is 0 Å². The van der Waals surface area contributed by atoms with Crippen LogP contribution in [0.3, 0.4) is 0 Å². The predicted molar refractivity (Wildman–Crippen MR) is 99.1 cm³/mol. The first-order chi connectivity index (χ1) is 12.7. The first-order valence-corrected chi connectivity index (χ1v) is 9.59. The fraction of sp³-hybridized carbons (Fsp3) is 0.316. The molecule has 2 aliphatic rings. The Labute approximate surface area is 154 Å². The van der Waals surface area contributed by atoms with Gasteiger partial charge in [-0.05, 0) is 41.1 Å². The number of amides is 1. The van der Waals surface area contributed by atoms with Gasteiger partial charge in [-0.1, -0.05) is 6.07 Å². The number of fused-ring (bicyclic) bond motifs is 2. The Bertz CT molecular complexity index is 996. The Kier molecular flexibility index (Phi) is 3.63. The number of nitrogens with zero attached hydrogens (tertiary/aromatic N) is 4. The second-order valence-corrected chi connectivity index (χ2v) is 7.66. The summed E-state index contributed by atoms with van der Waals surface area (Å²) >= 11 is 1.64. The van der Waals surface area contributed by atoms with Gasteiger partial charge in [0, 0.05) is 26.2 Å². The van der Waals surface area contributed by atoms with Crippen LogP contribution in [-0.4, -0.2) is 47.0 Å². The zero-order chi connectivity index (χ0) is 17.7. The summed E-state index contributed by atoms with van der Waals surface area (Å²) in [7, 11) is 0. The van der Waals surface area contributed by atoms with E-state index in [1.165, 1.54) is 12.1 Å². The van der Waals surface area contributed by atoms with Crippen LogP contribution in [0.5, 0.6) is 0 Å². The Morgan fingerprint density at radius 2 is 2.00 bits per heavy atom. The molecule has 1 aliphatic heterocycles. The lowest BCUT2D eigenvalue weighted by molar-refractivity contribution is -0.133. The highest BCUT2D eigenvalue weighted by atomic mass is 32.1. The minimum Gasteiger partial charge on any atom is -0.352 e. The number of hydrogen-bond donors (Lipinski definition) is 0. The molecule has 1 saturated heterocycles. The molecule has 0 radical (unpaired) electrons. The number of carbonyl (C=O) groups is 1. The molecule has 1 amide bonds. The number of thiophene rings is 1. The summed E-state index contributed by atoms with van der Waals surface area (Å²) < 4.78 is 14.6. The maximum atomic E-state index is 13.5. The van der Waals surface area contributed by atoms with Gasteiger partial charge in [0.05, 0.1) is 16.1 Å². The van der Waals surface area contributed by atoms with Crippen molar-refractivity contribution < 1.29 is 9.18 Å². The summed E-state index contributed by atoms with van der Waals surface area (Å²) in [5.41, 5.74) is 2.91. The monoisotopic (exact) mass is 368 g/mol. The van der Waals surface area contributed by atoms with Gasteiger partial charge in [-0.2, -0.15) is 0 Å². The molecule has 0 bridgehead atoms. The lowest BCUT2D eigenvalue weighted by Crippen LogP contribution is -2.51. The van der Waals surface area contributed by atoms with Gasteiger partial charge in [-0.15, -0.1) is 11.3 Å². The van der Waals surface area contributed by atoms with Crippen molar-refractivity contribution >= 4 is 33.3 Å². The van der Waals surface area contributed by atoms with Crippen molar-refractivity contribution in [1.29, 1.82) is 0 Å². The molecule has 1 atom stereocenters. The van der Waals surface area contributed by atoms with Crippen LogP contribution in [0.15, 0.2) is 36.0 Å². The zero-order valence-electron chi connectivity index (χ0n) is 14.1. The highest BCUT2D eigenvalue weighted by Gasteiger charge is 2.36. The summed E-state index contributed by atoms with van der Waals surface area (Å²) in [5, 5.41) is 2.02. The molecule has 26 heavy (non-hydrogen) atoms. The summed E-state index contributed by atoms with van der Waals surface area (Å²) in [5.74, 6) is 0.616. The van der Waals surface area contributed by atoms with Crippen LogP contribution in [0.1, 0.15) is 17.0 Å². The summed E-state index contributed by atoms with van der Waals surface area (Å²) in [6, 6.07) is 6.75. The molecule has 1 unspecified atom stereocenters. The van der Waals surface area contributed by atoms with E-state index in [9.17, 15) is 9.18 Å². The van der Waals surface area contributed by atoms with E-state index in [-0.39, 0.29) is 17.6 Å². The molecule has 132 valence electrons. The van der Waals surface area contributed by atoms with Crippen molar-refractivity contribution in [3.8, 4) is 0 Å². The van der Waals surface area contributed by atoms with Crippen LogP contribution < -0.4 is 4.90 Å². The Morgan fingerprint density at radius 1 is 1.15 bits per heavy atom. The van der Waals surface area contributed by atoms with Gasteiger partial charge in [0.2, 0.25) is 5.91 Å². The van der Waals surface area contributed by atoms with Crippen LogP contribution in [-0.2, 0) is 11.2 Å². The predicted octanol–water partition coefficient (Wildman–Crippen LogP) is 2.82. The number of aromatic nitrogens is 2. The van der Waals surface area contributed by atoms with Gasteiger partial charge in [0.1, 0.15) is 18.0 Å². The van der Waals surface area contributed by atoms with E-state index in [1.807, 2.05) is 16.3 Å². The van der Waals surface area contributed by atoms with Crippen molar-refractivity contribution in [1.82, 2.24) is 14.9 Å². The van der Waals surface area contributed by atoms with Gasteiger partial charge in [-0.25, -0.2) is 14.4 Å². The number of anilines is 1. The Hall–Kier alpha value is -2.54. The zero-order valence-corrected chi connectivity index (χ0v) is 14.9. The maximum Gasteiger partial charge on any atom is 0.230 e. The number of hydrogen-bond acceptors (Lipinski definition) is 5. The molecule has 0 spiro atoms. The van der Waals surface area contributed by atoms with E-state index in [0.29, 0.717) is 13.1 Å². The van der Waals surface area contributed by atoms with Gasteiger partial charge in [0.25, 0.3) is 0 Å².